The van der Waals surface area contributed by atoms with Crippen molar-refractivity contribution in [2.45, 2.75) is 31.6 Å². The molecule has 0 saturated heterocycles. The van der Waals surface area contributed by atoms with E-state index < -0.39 is 11.9 Å². The lowest BCUT2D eigenvalue weighted by Gasteiger charge is -2.13. The quantitative estimate of drug-likeness (QED) is 0.597. The highest BCUT2D eigenvalue weighted by Crippen LogP contribution is 2.14. The second-order valence-electron chi connectivity index (χ2n) is 4.70. The van der Waals surface area contributed by atoms with Crippen LogP contribution >= 0.6 is 0 Å². The topological polar surface area (TPSA) is 92.4 Å². The molecule has 0 aliphatic rings. The molecule has 5 nitrogen and oxygen atoms in total. The zero-order valence-electron chi connectivity index (χ0n) is 11.5. The maximum absolute atomic E-state index is 11.6. The molecule has 0 aromatic heterocycles. The van der Waals surface area contributed by atoms with E-state index in [9.17, 15) is 14.7 Å². The molecule has 1 unspecified atom stereocenters. The van der Waals surface area contributed by atoms with Crippen LogP contribution in [-0.4, -0.2) is 30.1 Å². The van der Waals surface area contributed by atoms with Crippen LogP contribution in [0.1, 0.15) is 37.2 Å². The second-order valence-corrected chi connectivity index (χ2v) is 4.70. The zero-order valence-corrected chi connectivity index (χ0v) is 11.5. The van der Waals surface area contributed by atoms with Gasteiger partial charge < -0.3 is 16.2 Å². The van der Waals surface area contributed by atoms with Crippen LogP contribution in [0.2, 0.25) is 0 Å². The Balaban J connectivity index is 2.40. The van der Waals surface area contributed by atoms with Crippen LogP contribution in [0.25, 0.3) is 0 Å². The highest BCUT2D eigenvalue weighted by Gasteiger charge is 2.20. The molecule has 0 bridgehead atoms. The van der Waals surface area contributed by atoms with Gasteiger partial charge in [-0.05, 0) is 24.9 Å². The number of hydrogen-bond donors (Lipinski definition) is 3. The minimum Gasteiger partial charge on any atom is -0.481 e. The largest absolute Gasteiger partial charge is 0.481 e. The highest BCUT2D eigenvalue weighted by atomic mass is 16.4. The van der Waals surface area contributed by atoms with E-state index in [1.54, 1.807) is 24.3 Å². The maximum Gasteiger partial charge on any atom is 0.312 e. The van der Waals surface area contributed by atoms with E-state index in [1.807, 2.05) is 6.07 Å². The molecule has 4 N–H and O–H groups in total. The maximum atomic E-state index is 11.6. The molecule has 20 heavy (non-hydrogen) atoms. The van der Waals surface area contributed by atoms with Crippen molar-refractivity contribution < 1.29 is 14.7 Å². The molecular weight excluding hydrogens is 256 g/mol. The van der Waals surface area contributed by atoms with Crippen LogP contribution in [0.3, 0.4) is 0 Å². The number of carboxylic acid groups (broad SMARTS) is 1. The summed E-state index contributed by atoms with van der Waals surface area (Å²) in [7, 11) is 0. The molecule has 0 heterocycles. The monoisotopic (exact) mass is 278 g/mol. The summed E-state index contributed by atoms with van der Waals surface area (Å²) in [5, 5.41) is 11.9. The average molecular weight is 278 g/mol. The van der Waals surface area contributed by atoms with Crippen LogP contribution in [-0.2, 0) is 9.59 Å². The Labute approximate surface area is 119 Å². The van der Waals surface area contributed by atoms with Gasteiger partial charge in [-0.3, -0.25) is 9.59 Å². The lowest BCUT2D eigenvalue weighted by atomic mass is 9.99. The lowest BCUT2D eigenvalue weighted by molar-refractivity contribution is -0.138. The second kappa shape index (κ2) is 9.09. The molecule has 0 aliphatic heterocycles. The summed E-state index contributed by atoms with van der Waals surface area (Å²) in [4.78, 5) is 22.9. The van der Waals surface area contributed by atoms with Crippen molar-refractivity contribution in [3.8, 4) is 0 Å². The third kappa shape index (κ3) is 5.84. The third-order valence-corrected chi connectivity index (χ3v) is 3.11. The van der Waals surface area contributed by atoms with Gasteiger partial charge in [0.15, 0.2) is 0 Å². The number of nitrogens with two attached hydrogens (primary N) is 1. The predicted molar refractivity (Wildman–Crippen MR) is 77.4 cm³/mol. The van der Waals surface area contributed by atoms with Crippen LogP contribution < -0.4 is 11.1 Å². The Morgan fingerprint density at radius 2 is 1.85 bits per heavy atom. The summed E-state index contributed by atoms with van der Waals surface area (Å²) in [6.07, 6.45) is 3.03. The molecule has 5 heteroatoms. The highest BCUT2D eigenvalue weighted by molar-refractivity contribution is 5.79. The molecule has 1 aromatic rings. The van der Waals surface area contributed by atoms with Gasteiger partial charge in [0.2, 0.25) is 5.91 Å². The van der Waals surface area contributed by atoms with E-state index in [0.29, 0.717) is 18.5 Å². The fourth-order valence-corrected chi connectivity index (χ4v) is 1.94. The molecule has 0 aliphatic carbocycles. The molecule has 0 spiro atoms. The third-order valence-electron chi connectivity index (χ3n) is 3.11. The summed E-state index contributed by atoms with van der Waals surface area (Å²) in [6.45, 7) is 0.756. The van der Waals surface area contributed by atoms with Crippen LogP contribution in [0.5, 0.6) is 0 Å². The van der Waals surface area contributed by atoms with Crippen molar-refractivity contribution in [1.82, 2.24) is 5.32 Å². The summed E-state index contributed by atoms with van der Waals surface area (Å²) in [5.41, 5.74) is 6.07. The number of carboxylic acids is 1. The van der Waals surface area contributed by atoms with Crippen molar-refractivity contribution in [1.29, 1.82) is 0 Å². The smallest absolute Gasteiger partial charge is 0.312 e. The van der Waals surface area contributed by atoms with Crippen LogP contribution in [0, 0.1) is 0 Å². The Hall–Kier alpha value is -1.88. The first-order valence-corrected chi connectivity index (χ1v) is 6.89. The molecule has 0 fully saturated rings. The normalized spacial score (nSPS) is 11.8. The van der Waals surface area contributed by atoms with E-state index in [-0.39, 0.29) is 12.5 Å². The number of hydrogen-bond acceptors (Lipinski definition) is 3. The Bertz CT molecular complexity index is 420. The van der Waals surface area contributed by atoms with Gasteiger partial charge in [0.05, 0.1) is 5.92 Å². The van der Waals surface area contributed by atoms with Gasteiger partial charge in [0.25, 0.3) is 0 Å². The van der Waals surface area contributed by atoms with E-state index >= 15 is 0 Å². The van der Waals surface area contributed by atoms with Crippen molar-refractivity contribution in [3.63, 3.8) is 0 Å². The van der Waals surface area contributed by atoms with Gasteiger partial charge in [0.1, 0.15) is 0 Å². The Kier molecular flexibility index (Phi) is 7.35. The number of carbonyl (C=O) groups excluding carboxylic acids is 1. The number of carbonyl (C=O) groups is 2. The number of rotatable bonds is 9. The molecule has 0 radical (unpaired) electrons. The minimum absolute atomic E-state index is 0.107. The molecular formula is C15H22N2O3. The van der Waals surface area contributed by atoms with Gasteiger partial charge in [-0.2, -0.15) is 0 Å². The number of aliphatic carboxylic acids is 1. The first-order chi connectivity index (χ1) is 9.65. The molecule has 1 aromatic carbocycles. The van der Waals surface area contributed by atoms with Crippen molar-refractivity contribution in [2.75, 3.05) is 13.1 Å². The van der Waals surface area contributed by atoms with Gasteiger partial charge in [0, 0.05) is 13.0 Å². The van der Waals surface area contributed by atoms with E-state index in [2.05, 4.69) is 5.32 Å². The van der Waals surface area contributed by atoms with Crippen molar-refractivity contribution >= 4 is 11.9 Å². The SMILES string of the molecule is NCCCCCC(=O)NCC(C(=O)O)c1ccccc1. The predicted octanol–water partition coefficient (Wildman–Crippen LogP) is 1.49. The number of amides is 1. The lowest BCUT2D eigenvalue weighted by Crippen LogP contribution is -2.31. The fraction of sp³-hybridized carbons (Fsp3) is 0.467. The van der Waals surface area contributed by atoms with E-state index in [4.69, 9.17) is 5.73 Å². The van der Waals surface area contributed by atoms with Gasteiger partial charge in [-0.15, -0.1) is 0 Å². The summed E-state index contributed by atoms with van der Waals surface area (Å²) >= 11 is 0. The summed E-state index contributed by atoms with van der Waals surface area (Å²) in [5.74, 6) is -1.74. The standard InChI is InChI=1S/C15H22N2O3/c16-10-6-2-5-9-14(18)17-11-13(15(19)20)12-7-3-1-4-8-12/h1,3-4,7-8,13H,2,5-6,9-11,16H2,(H,17,18)(H,19,20). The van der Waals surface area contributed by atoms with E-state index in [1.165, 1.54) is 0 Å². The van der Waals surface area contributed by atoms with Gasteiger partial charge in [-0.1, -0.05) is 36.8 Å². The first kappa shape index (κ1) is 16.2. The molecule has 1 amide bonds. The Morgan fingerprint density at radius 3 is 2.45 bits per heavy atom. The van der Waals surface area contributed by atoms with Crippen molar-refractivity contribution in [3.05, 3.63) is 35.9 Å². The van der Waals surface area contributed by atoms with Gasteiger partial charge in [-0.25, -0.2) is 0 Å². The van der Waals surface area contributed by atoms with E-state index in [0.717, 1.165) is 19.3 Å². The zero-order chi connectivity index (χ0) is 14.8. The summed E-state index contributed by atoms with van der Waals surface area (Å²) in [6, 6.07) is 8.93. The number of nitrogens with one attached hydrogen (secondary N) is 1. The van der Waals surface area contributed by atoms with Crippen LogP contribution in [0.15, 0.2) is 30.3 Å². The molecule has 0 saturated carbocycles. The fourth-order valence-electron chi connectivity index (χ4n) is 1.94. The van der Waals surface area contributed by atoms with Crippen molar-refractivity contribution in [2.24, 2.45) is 5.73 Å². The van der Waals surface area contributed by atoms with Crippen LogP contribution in [0.4, 0.5) is 0 Å². The number of unbranched alkanes of at least 4 members (excludes halogenated alkanes) is 2. The number of benzene rings is 1. The molecule has 1 rings (SSSR count). The first-order valence-electron chi connectivity index (χ1n) is 6.89. The minimum atomic E-state index is -0.931. The summed E-state index contributed by atoms with van der Waals surface area (Å²) < 4.78 is 0. The van der Waals surface area contributed by atoms with Gasteiger partial charge >= 0.3 is 5.97 Å². The Morgan fingerprint density at radius 1 is 1.15 bits per heavy atom. The average Bonchev–Trinajstić information content (AvgIpc) is 2.44. The molecule has 1 atom stereocenters. The molecule has 110 valence electrons.